The fourth-order valence-corrected chi connectivity index (χ4v) is 4.33. The second-order valence-electron chi connectivity index (χ2n) is 7.30. The van der Waals surface area contributed by atoms with Gasteiger partial charge in [-0.25, -0.2) is 4.98 Å². The summed E-state index contributed by atoms with van der Waals surface area (Å²) >= 11 is 1.68. The number of amides is 1. The van der Waals surface area contributed by atoms with Gasteiger partial charge < -0.3 is 14.8 Å². The molecular weight excluding hydrogens is 432 g/mol. The summed E-state index contributed by atoms with van der Waals surface area (Å²) in [5, 5.41) is 3.89. The van der Waals surface area contributed by atoms with E-state index >= 15 is 0 Å². The van der Waals surface area contributed by atoms with Crippen LogP contribution in [0.5, 0.6) is 11.5 Å². The first-order valence-corrected chi connectivity index (χ1v) is 11.2. The van der Waals surface area contributed by atoms with E-state index in [9.17, 15) is 4.79 Å². The molecule has 1 aromatic heterocycles. The zero-order valence-corrected chi connectivity index (χ0v) is 19.5. The van der Waals surface area contributed by atoms with Gasteiger partial charge in [0.25, 0.3) is 0 Å². The maximum Gasteiger partial charge on any atom is 0.248 e. The third kappa shape index (κ3) is 5.30. The van der Waals surface area contributed by atoms with Crippen LogP contribution in [0.2, 0.25) is 0 Å². The number of thiazole rings is 1. The molecule has 3 aromatic carbocycles. The van der Waals surface area contributed by atoms with Crippen LogP contribution in [0, 0.1) is 6.92 Å². The van der Waals surface area contributed by atoms with Crippen LogP contribution in [0.3, 0.4) is 0 Å². The molecule has 1 heterocycles. The van der Waals surface area contributed by atoms with Crippen molar-refractivity contribution in [1.82, 2.24) is 4.98 Å². The molecule has 0 aliphatic heterocycles. The van der Waals surface area contributed by atoms with Gasteiger partial charge in [0, 0.05) is 39.4 Å². The lowest BCUT2D eigenvalue weighted by Crippen LogP contribution is -2.07. The van der Waals surface area contributed by atoms with Gasteiger partial charge in [0.05, 0.1) is 19.9 Å². The van der Waals surface area contributed by atoms with Gasteiger partial charge in [0.2, 0.25) is 5.91 Å². The van der Waals surface area contributed by atoms with Crippen molar-refractivity contribution in [2.45, 2.75) is 6.92 Å². The Morgan fingerprint density at radius 3 is 2.39 bits per heavy atom. The number of aryl methyl sites for hydroxylation is 1. The molecule has 5 nitrogen and oxygen atoms in total. The summed E-state index contributed by atoms with van der Waals surface area (Å²) in [6.07, 6.45) is 3.20. The first-order valence-electron chi connectivity index (χ1n) is 10.4. The molecule has 0 unspecified atom stereocenters. The quantitative estimate of drug-likeness (QED) is 0.325. The van der Waals surface area contributed by atoms with Gasteiger partial charge >= 0.3 is 0 Å². The Labute approximate surface area is 197 Å². The fraction of sp³-hybridized carbons (Fsp3) is 0.111. The lowest BCUT2D eigenvalue weighted by atomic mass is 10.1. The van der Waals surface area contributed by atoms with Crippen LogP contribution in [0.15, 0.2) is 78.9 Å². The van der Waals surface area contributed by atoms with Crippen LogP contribution in [-0.2, 0) is 4.79 Å². The maximum absolute atomic E-state index is 12.4. The van der Waals surface area contributed by atoms with Gasteiger partial charge in [-0.15, -0.1) is 11.3 Å². The van der Waals surface area contributed by atoms with Crippen molar-refractivity contribution >= 4 is 29.0 Å². The van der Waals surface area contributed by atoms with Crippen LogP contribution < -0.4 is 14.8 Å². The Morgan fingerprint density at radius 2 is 1.70 bits per heavy atom. The van der Waals surface area contributed by atoms with Crippen molar-refractivity contribution in [2.75, 3.05) is 19.5 Å². The van der Waals surface area contributed by atoms with E-state index in [1.807, 2.05) is 54.6 Å². The second-order valence-corrected chi connectivity index (χ2v) is 8.50. The third-order valence-corrected chi connectivity index (χ3v) is 6.12. The average Bonchev–Trinajstić information content (AvgIpc) is 3.25. The van der Waals surface area contributed by atoms with E-state index in [0.29, 0.717) is 17.2 Å². The molecule has 1 N–H and O–H groups in total. The second kappa shape index (κ2) is 10.1. The fourth-order valence-electron chi connectivity index (χ4n) is 3.39. The van der Waals surface area contributed by atoms with Crippen molar-refractivity contribution < 1.29 is 14.3 Å². The molecule has 166 valence electrons. The number of ether oxygens (including phenoxy) is 2. The third-order valence-electron chi connectivity index (χ3n) is 5.10. The number of nitrogens with zero attached hydrogens (tertiary/aromatic N) is 1. The number of carbonyl (C=O) groups excluding carboxylic acids is 1. The Bertz CT molecular complexity index is 1280. The normalized spacial score (nSPS) is 10.9. The van der Waals surface area contributed by atoms with Crippen molar-refractivity contribution in [1.29, 1.82) is 0 Å². The topological polar surface area (TPSA) is 60.5 Å². The number of benzene rings is 3. The van der Waals surface area contributed by atoms with Gasteiger partial charge in [-0.1, -0.05) is 42.5 Å². The minimum absolute atomic E-state index is 0.225. The molecule has 0 saturated carbocycles. The highest BCUT2D eigenvalue weighted by Gasteiger charge is 2.11. The minimum Gasteiger partial charge on any atom is -0.497 e. The van der Waals surface area contributed by atoms with Crippen LogP contribution >= 0.6 is 11.3 Å². The molecule has 4 aromatic rings. The number of hydrogen-bond donors (Lipinski definition) is 1. The first kappa shape index (κ1) is 22.3. The van der Waals surface area contributed by atoms with E-state index < -0.39 is 0 Å². The predicted molar refractivity (Wildman–Crippen MR) is 135 cm³/mol. The van der Waals surface area contributed by atoms with Crippen molar-refractivity contribution in [2.24, 2.45) is 0 Å². The molecule has 4 rings (SSSR count). The molecule has 6 heteroatoms. The van der Waals surface area contributed by atoms with E-state index in [2.05, 4.69) is 24.4 Å². The zero-order valence-electron chi connectivity index (χ0n) is 18.7. The summed E-state index contributed by atoms with van der Waals surface area (Å²) in [6, 6.07) is 23.3. The summed E-state index contributed by atoms with van der Waals surface area (Å²) in [5.74, 6) is 1.10. The van der Waals surface area contributed by atoms with E-state index in [1.165, 1.54) is 6.08 Å². The number of anilines is 1. The molecule has 33 heavy (non-hydrogen) atoms. The highest BCUT2D eigenvalue weighted by molar-refractivity contribution is 7.15. The number of nitrogens with one attached hydrogen (secondary N) is 1. The highest BCUT2D eigenvalue weighted by Crippen LogP contribution is 2.33. The standard InChI is InChI=1S/C27H24N2O3S/c1-18-26(29-27(33-18)21-7-5-4-6-8-21)20-9-13-22(14-10-20)28-25(30)16-12-19-11-15-23(31-2)17-24(19)32-3/h4-17H,1-3H3,(H,28,30)/b16-12+. The number of methoxy groups -OCH3 is 2. The number of carbonyl (C=O) groups is 1. The summed E-state index contributed by atoms with van der Waals surface area (Å²) in [7, 11) is 3.18. The van der Waals surface area contributed by atoms with Crippen molar-refractivity contribution in [3.05, 3.63) is 89.3 Å². The molecule has 0 radical (unpaired) electrons. The van der Waals surface area contributed by atoms with Gasteiger partial charge in [-0.05, 0) is 37.3 Å². The summed E-state index contributed by atoms with van der Waals surface area (Å²) in [6.45, 7) is 2.08. The van der Waals surface area contributed by atoms with Crippen LogP contribution in [0.25, 0.3) is 27.9 Å². The predicted octanol–water partition coefficient (Wildman–Crippen LogP) is 6.45. The first-order chi connectivity index (χ1) is 16.1. The van der Waals surface area contributed by atoms with E-state index in [4.69, 9.17) is 14.5 Å². The molecule has 0 saturated heterocycles. The van der Waals surface area contributed by atoms with Crippen LogP contribution in [0.1, 0.15) is 10.4 Å². The average molecular weight is 457 g/mol. The molecule has 0 aliphatic rings. The summed E-state index contributed by atoms with van der Waals surface area (Å²) in [4.78, 5) is 18.4. The van der Waals surface area contributed by atoms with Crippen LogP contribution in [0.4, 0.5) is 5.69 Å². The summed E-state index contributed by atoms with van der Waals surface area (Å²) < 4.78 is 10.6. The number of aromatic nitrogens is 1. The Morgan fingerprint density at radius 1 is 0.939 bits per heavy atom. The van der Waals surface area contributed by atoms with E-state index in [-0.39, 0.29) is 5.91 Å². The lowest BCUT2D eigenvalue weighted by molar-refractivity contribution is -0.111. The highest BCUT2D eigenvalue weighted by atomic mass is 32.1. The van der Waals surface area contributed by atoms with Crippen LogP contribution in [-0.4, -0.2) is 25.1 Å². The van der Waals surface area contributed by atoms with Gasteiger partial charge in [0.1, 0.15) is 16.5 Å². The molecule has 0 atom stereocenters. The minimum atomic E-state index is -0.225. The Balaban J connectivity index is 1.45. The van der Waals surface area contributed by atoms with Crippen molar-refractivity contribution in [3.63, 3.8) is 0 Å². The molecule has 0 bridgehead atoms. The van der Waals surface area contributed by atoms with E-state index in [1.54, 1.807) is 37.7 Å². The van der Waals surface area contributed by atoms with Gasteiger partial charge in [0.15, 0.2) is 0 Å². The monoisotopic (exact) mass is 456 g/mol. The molecular formula is C27H24N2O3S. The molecule has 0 aliphatic carbocycles. The zero-order chi connectivity index (χ0) is 23.2. The SMILES string of the molecule is COc1ccc(/C=C/C(=O)Nc2ccc(-c3nc(-c4ccccc4)sc3C)cc2)c(OC)c1. The van der Waals surface area contributed by atoms with Gasteiger partial charge in [-0.3, -0.25) is 4.79 Å². The number of rotatable bonds is 7. The smallest absolute Gasteiger partial charge is 0.248 e. The molecule has 0 spiro atoms. The van der Waals surface area contributed by atoms with Gasteiger partial charge in [-0.2, -0.15) is 0 Å². The summed E-state index contributed by atoms with van der Waals surface area (Å²) in [5.41, 5.74) is 4.59. The molecule has 1 amide bonds. The Hall–Kier alpha value is -3.90. The molecule has 0 fully saturated rings. The lowest BCUT2D eigenvalue weighted by Gasteiger charge is -2.07. The van der Waals surface area contributed by atoms with Crippen molar-refractivity contribution in [3.8, 4) is 33.3 Å². The number of hydrogen-bond acceptors (Lipinski definition) is 5. The largest absolute Gasteiger partial charge is 0.497 e. The maximum atomic E-state index is 12.4. The Kier molecular flexibility index (Phi) is 6.86. The van der Waals surface area contributed by atoms with E-state index in [0.717, 1.165) is 32.3 Å².